The second-order valence-electron chi connectivity index (χ2n) is 12.4. The lowest BCUT2D eigenvalue weighted by atomic mass is 9.51. The predicted molar refractivity (Wildman–Crippen MR) is 121 cm³/mol. The summed E-state index contributed by atoms with van der Waals surface area (Å²) in [5, 5.41) is 12.2. The fourth-order valence-electron chi connectivity index (χ4n) is 8.71. The third-order valence-corrected chi connectivity index (χ3v) is 10.4. The van der Waals surface area contributed by atoms with Crippen molar-refractivity contribution in [3.8, 4) is 0 Å². The zero-order valence-electron chi connectivity index (χ0n) is 19.9. The van der Waals surface area contributed by atoms with E-state index in [1.807, 2.05) is 0 Å². The van der Waals surface area contributed by atoms with Crippen molar-refractivity contribution in [2.24, 2.45) is 40.9 Å². The number of fused-ring (bicyclic) bond motifs is 6. The van der Waals surface area contributed by atoms with Crippen LogP contribution in [0.5, 0.6) is 0 Å². The molecule has 0 radical (unpaired) electrons. The highest BCUT2D eigenvalue weighted by Crippen LogP contribution is 2.64. The van der Waals surface area contributed by atoms with E-state index in [0.717, 1.165) is 55.6 Å². The zero-order valence-corrected chi connectivity index (χ0v) is 19.9. The van der Waals surface area contributed by atoms with E-state index in [0.29, 0.717) is 11.3 Å². The van der Waals surface area contributed by atoms with Crippen LogP contribution in [0.4, 0.5) is 0 Å². The normalized spacial score (nSPS) is 52.7. The van der Waals surface area contributed by atoms with Crippen molar-refractivity contribution in [1.82, 2.24) is 5.06 Å². The number of hydroxylamine groups is 2. The maximum absolute atomic E-state index is 10.6. The molecule has 30 heavy (non-hydrogen) atoms. The highest BCUT2D eigenvalue weighted by molar-refractivity contribution is 5.25. The quantitative estimate of drug-likeness (QED) is 0.461. The Morgan fingerprint density at radius 3 is 2.70 bits per heavy atom. The molecule has 0 spiro atoms. The van der Waals surface area contributed by atoms with Crippen LogP contribution in [0.1, 0.15) is 91.9 Å². The van der Waals surface area contributed by atoms with Crippen LogP contribution in [0, 0.1) is 40.9 Å². The molecule has 1 N–H and O–H groups in total. The van der Waals surface area contributed by atoms with Crippen LogP contribution in [-0.4, -0.2) is 35.6 Å². The van der Waals surface area contributed by atoms with Crippen LogP contribution in [0.2, 0.25) is 0 Å². The molecule has 3 aliphatic carbocycles. The summed E-state index contributed by atoms with van der Waals surface area (Å²) in [4.78, 5) is 0. The average Bonchev–Trinajstić information content (AvgIpc) is 3.08. The van der Waals surface area contributed by atoms with E-state index in [4.69, 9.17) is 4.74 Å². The number of allylic oxidation sites excluding steroid dienone is 1. The van der Waals surface area contributed by atoms with Crippen molar-refractivity contribution in [2.75, 3.05) is 13.2 Å². The summed E-state index contributed by atoms with van der Waals surface area (Å²) in [5.74, 6) is 4.99. The first-order valence-electron chi connectivity index (χ1n) is 13.1. The van der Waals surface area contributed by atoms with Gasteiger partial charge in [0.15, 0.2) is 0 Å². The second kappa shape index (κ2) is 8.19. The van der Waals surface area contributed by atoms with Gasteiger partial charge in [0.05, 0.1) is 18.8 Å². The number of piperidine rings is 1. The first-order chi connectivity index (χ1) is 14.4. The predicted octanol–water partition coefficient (Wildman–Crippen LogP) is 6.46. The molecule has 1 unspecified atom stereocenters. The fourth-order valence-corrected chi connectivity index (χ4v) is 8.71. The SMILES string of the molecule is C/C1=C2\C[C@H]3[C@@H](CC[C@@H]4CC(C)CC[C@@]43C)[C@@H]2CCC[C@H]2[C@@H](C[C@H](C)CN2O)OC1. The highest BCUT2D eigenvalue weighted by atomic mass is 16.5. The first kappa shape index (κ1) is 21.5. The Hall–Kier alpha value is -0.380. The molecule has 1 saturated heterocycles. The van der Waals surface area contributed by atoms with E-state index in [-0.39, 0.29) is 12.1 Å². The zero-order chi connectivity index (χ0) is 21.0. The summed E-state index contributed by atoms with van der Waals surface area (Å²) in [6.07, 6.45) is 13.6. The summed E-state index contributed by atoms with van der Waals surface area (Å²) >= 11 is 0. The smallest absolute Gasteiger partial charge is 0.0760 e. The van der Waals surface area contributed by atoms with E-state index in [2.05, 4.69) is 27.7 Å². The van der Waals surface area contributed by atoms with Gasteiger partial charge in [0.2, 0.25) is 0 Å². The van der Waals surface area contributed by atoms with Crippen LogP contribution in [0.25, 0.3) is 0 Å². The molecule has 3 saturated carbocycles. The molecule has 5 aliphatic rings. The van der Waals surface area contributed by atoms with Crippen molar-refractivity contribution in [2.45, 2.75) is 104 Å². The van der Waals surface area contributed by atoms with Crippen LogP contribution < -0.4 is 0 Å². The minimum atomic E-state index is 0.191. The minimum absolute atomic E-state index is 0.191. The Labute approximate surface area is 184 Å². The van der Waals surface area contributed by atoms with Gasteiger partial charge in [-0.25, -0.2) is 0 Å². The molecule has 0 amide bonds. The molecule has 0 bridgehead atoms. The van der Waals surface area contributed by atoms with Crippen molar-refractivity contribution in [3.05, 3.63) is 11.1 Å². The third-order valence-electron chi connectivity index (χ3n) is 10.4. The Morgan fingerprint density at radius 2 is 1.87 bits per heavy atom. The van der Waals surface area contributed by atoms with Gasteiger partial charge in [-0.1, -0.05) is 39.2 Å². The third kappa shape index (κ3) is 3.61. The maximum atomic E-state index is 10.6. The molecular weight excluding hydrogens is 370 g/mol. The monoisotopic (exact) mass is 415 g/mol. The van der Waals surface area contributed by atoms with E-state index >= 15 is 0 Å². The van der Waals surface area contributed by atoms with Crippen LogP contribution >= 0.6 is 0 Å². The molecule has 0 aromatic carbocycles. The van der Waals surface area contributed by atoms with Gasteiger partial charge in [0.25, 0.3) is 0 Å². The average molecular weight is 416 g/mol. The molecule has 4 fully saturated rings. The maximum Gasteiger partial charge on any atom is 0.0760 e. The number of hydrogen-bond donors (Lipinski definition) is 1. The minimum Gasteiger partial charge on any atom is -0.372 e. The molecule has 0 aromatic heterocycles. The molecule has 3 heteroatoms. The molecule has 2 aliphatic heterocycles. The van der Waals surface area contributed by atoms with Crippen LogP contribution in [0.3, 0.4) is 0 Å². The van der Waals surface area contributed by atoms with Crippen LogP contribution in [-0.2, 0) is 4.74 Å². The van der Waals surface area contributed by atoms with Gasteiger partial charge < -0.3 is 9.94 Å². The standard InChI is InChI=1S/C27H45NO2/c1-17-10-11-27(4)20(12-17)8-9-22-21-6-5-7-25-26(13-18(2)15-28(25)29)30-16-19(3)23(21)14-24(22)27/h17-18,20-22,24-26,29H,5-16H2,1-4H3/b23-19-/t17?,18-,20+,21-,22-,24-,25-,26+,27-/m0/s1. The van der Waals surface area contributed by atoms with Crippen LogP contribution in [0.15, 0.2) is 11.1 Å². The molecule has 2 heterocycles. The van der Waals surface area contributed by atoms with Gasteiger partial charge in [-0.15, -0.1) is 0 Å². The molecular formula is C27H45NO2. The summed E-state index contributed by atoms with van der Waals surface area (Å²) in [6.45, 7) is 11.3. The van der Waals surface area contributed by atoms with Gasteiger partial charge in [0.1, 0.15) is 0 Å². The number of ether oxygens (including phenoxy) is 1. The Kier molecular flexibility index (Phi) is 5.86. The lowest BCUT2D eigenvalue weighted by molar-refractivity contribution is -0.197. The van der Waals surface area contributed by atoms with Crippen molar-refractivity contribution >= 4 is 0 Å². The number of rotatable bonds is 0. The second-order valence-corrected chi connectivity index (χ2v) is 12.4. The van der Waals surface area contributed by atoms with Gasteiger partial charge >= 0.3 is 0 Å². The van der Waals surface area contributed by atoms with Gasteiger partial charge in [0, 0.05) is 6.54 Å². The molecule has 9 atom stereocenters. The summed E-state index contributed by atoms with van der Waals surface area (Å²) in [5.41, 5.74) is 3.89. The topological polar surface area (TPSA) is 32.7 Å². The van der Waals surface area contributed by atoms with Crippen molar-refractivity contribution < 1.29 is 9.94 Å². The summed E-state index contributed by atoms with van der Waals surface area (Å²) < 4.78 is 6.52. The molecule has 170 valence electrons. The first-order valence-corrected chi connectivity index (χ1v) is 13.1. The van der Waals surface area contributed by atoms with E-state index < -0.39 is 0 Å². The Balaban J connectivity index is 1.39. The molecule has 0 aromatic rings. The van der Waals surface area contributed by atoms with Gasteiger partial charge in [-0.3, -0.25) is 0 Å². The highest BCUT2D eigenvalue weighted by Gasteiger charge is 2.55. The van der Waals surface area contributed by atoms with Crippen molar-refractivity contribution in [1.29, 1.82) is 0 Å². The van der Waals surface area contributed by atoms with E-state index in [1.54, 1.807) is 10.6 Å². The van der Waals surface area contributed by atoms with Crippen molar-refractivity contribution in [3.63, 3.8) is 0 Å². The van der Waals surface area contributed by atoms with E-state index in [1.165, 1.54) is 56.9 Å². The van der Waals surface area contributed by atoms with E-state index in [9.17, 15) is 5.21 Å². The fraction of sp³-hybridized carbons (Fsp3) is 0.926. The number of nitrogens with zero attached hydrogens (tertiary/aromatic N) is 1. The number of hydrogen-bond acceptors (Lipinski definition) is 3. The lowest BCUT2D eigenvalue weighted by Crippen LogP contribution is -2.50. The lowest BCUT2D eigenvalue weighted by Gasteiger charge is -2.54. The molecule has 3 nitrogen and oxygen atoms in total. The largest absolute Gasteiger partial charge is 0.372 e. The van der Waals surface area contributed by atoms with Gasteiger partial charge in [-0.2, -0.15) is 5.06 Å². The summed E-state index contributed by atoms with van der Waals surface area (Å²) in [6, 6.07) is 0.195. The molecule has 5 rings (SSSR count). The summed E-state index contributed by atoms with van der Waals surface area (Å²) in [7, 11) is 0. The van der Waals surface area contributed by atoms with Gasteiger partial charge in [-0.05, 0) is 105 Å². The Bertz CT molecular complexity index is 674. The Morgan fingerprint density at radius 1 is 1.03 bits per heavy atom.